The molecule has 0 aliphatic heterocycles. The maximum Gasteiger partial charge on any atom is 0.0668 e. The van der Waals surface area contributed by atoms with Crippen molar-refractivity contribution < 1.29 is 4.74 Å². The summed E-state index contributed by atoms with van der Waals surface area (Å²) < 4.78 is 6.24. The molecule has 1 spiro atoms. The molecule has 19 heavy (non-hydrogen) atoms. The Bertz CT molecular complexity index is 417. The van der Waals surface area contributed by atoms with E-state index in [1.165, 1.54) is 19.3 Å². The molecular weight excluding hydrogens is 238 g/mol. The fourth-order valence-corrected chi connectivity index (χ4v) is 3.50. The monoisotopic (exact) mass is 263 g/mol. The third-order valence-electron chi connectivity index (χ3n) is 4.66. The highest BCUT2D eigenvalue weighted by Gasteiger charge is 2.59. The summed E-state index contributed by atoms with van der Waals surface area (Å²) in [6.07, 6.45) is 7.38. The minimum atomic E-state index is -0.0262. The molecule has 0 amide bonds. The Hall–Kier alpha value is -0.870. The van der Waals surface area contributed by atoms with Crippen molar-refractivity contribution in [3.05, 3.63) is 18.0 Å². The maximum atomic E-state index is 6.24. The number of nitrogens with zero attached hydrogens (tertiary/aromatic N) is 1. The number of ether oxygens (including phenoxy) is 1. The van der Waals surface area contributed by atoms with Gasteiger partial charge in [0.25, 0.3) is 0 Å². The van der Waals surface area contributed by atoms with E-state index < -0.39 is 0 Å². The van der Waals surface area contributed by atoms with Gasteiger partial charge in [0.1, 0.15) is 0 Å². The van der Waals surface area contributed by atoms with Crippen molar-refractivity contribution in [3.63, 3.8) is 0 Å². The second-order valence-electron chi connectivity index (χ2n) is 7.06. The van der Waals surface area contributed by atoms with Crippen LogP contribution in [0.1, 0.15) is 52.1 Å². The molecule has 2 atom stereocenters. The van der Waals surface area contributed by atoms with E-state index >= 15 is 0 Å². The molecule has 1 aromatic heterocycles. The fourth-order valence-electron chi connectivity index (χ4n) is 3.50. The van der Waals surface area contributed by atoms with E-state index in [2.05, 4.69) is 36.3 Å². The molecular formula is C15H25N3O. The van der Waals surface area contributed by atoms with E-state index in [9.17, 15) is 0 Å². The Morgan fingerprint density at radius 3 is 2.79 bits per heavy atom. The second kappa shape index (κ2) is 4.60. The van der Waals surface area contributed by atoms with Gasteiger partial charge in [-0.2, -0.15) is 5.10 Å². The minimum absolute atomic E-state index is 0.0262. The first-order valence-electron chi connectivity index (χ1n) is 7.39. The summed E-state index contributed by atoms with van der Waals surface area (Å²) in [6.45, 7) is 7.36. The molecule has 2 unspecified atom stereocenters. The Morgan fingerprint density at radius 2 is 2.26 bits per heavy atom. The number of hydrogen-bond donors (Lipinski definition) is 2. The predicted molar refractivity (Wildman–Crippen MR) is 74.7 cm³/mol. The van der Waals surface area contributed by atoms with E-state index in [-0.39, 0.29) is 5.60 Å². The normalized spacial score (nSPS) is 29.0. The zero-order chi connectivity index (χ0) is 13.5. The van der Waals surface area contributed by atoms with Crippen LogP contribution in [-0.4, -0.2) is 27.9 Å². The topological polar surface area (TPSA) is 49.9 Å². The molecule has 0 saturated heterocycles. The van der Waals surface area contributed by atoms with Gasteiger partial charge in [-0.25, -0.2) is 0 Å². The number of nitrogens with one attached hydrogen (secondary N) is 2. The summed E-state index contributed by atoms with van der Waals surface area (Å²) in [5, 5.41) is 10.7. The van der Waals surface area contributed by atoms with Gasteiger partial charge in [-0.3, -0.25) is 5.10 Å². The quantitative estimate of drug-likeness (QED) is 0.878. The van der Waals surface area contributed by atoms with E-state index in [1.54, 1.807) is 0 Å². The molecule has 2 aliphatic rings. The van der Waals surface area contributed by atoms with Crippen molar-refractivity contribution in [2.24, 2.45) is 5.41 Å². The first-order chi connectivity index (χ1) is 9.00. The Balaban J connectivity index is 1.56. The zero-order valence-electron chi connectivity index (χ0n) is 12.2. The van der Waals surface area contributed by atoms with Crippen molar-refractivity contribution in [1.29, 1.82) is 0 Å². The molecule has 0 radical (unpaired) electrons. The van der Waals surface area contributed by atoms with Crippen LogP contribution in [0.3, 0.4) is 0 Å². The van der Waals surface area contributed by atoms with Crippen LogP contribution in [0.2, 0.25) is 0 Å². The summed E-state index contributed by atoms with van der Waals surface area (Å²) >= 11 is 0. The number of aromatic nitrogens is 2. The molecule has 3 rings (SSSR count). The molecule has 1 heterocycles. The van der Waals surface area contributed by atoms with Gasteiger partial charge in [-0.1, -0.05) is 6.42 Å². The summed E-state index contributed by atoms with van der Waals surface area (Å²) in [5.74, 6) is 0. The van der Waals surface area contributed by atoms with Crippen LogP contribution in [0.4, 0.5) is 0 Å². The van der Waals surface area contributed by atoms with Crippen molar-refractivity contribution in [2.75, 3.05) is 0 Å². The van der Waals surface area contributed by atoms with Gasteiger partial charge in [0.2, 0.25) is 0 Å². The number of aromatic amines is 1. The third-order valence-corrected chi connectivity index (χ3v) is 4.66. The Kier molecular flexibility index (Phi) is 3.18. The first kappa shape index (κ1) is 13.1. The highest BCUT2D eigenvalue weighted by Crippen LogP contribution is 2.58. The van der Waals surface area contributed by atoms with Crippen LogP contribution >= 0.6 is 0 Å². The molecule has 2 saturated carbocycles. The standard InChI is InChI=1S/C15H25N3O/c1-14(2,3)19-13-9-12(15(13)6-4-7-15)16-10-11-5-8-17-18-11/h5,8,12-13,16H,4,6-7,9-10H2,1-3H3,(H,17,18). The summed E-state index contributed by atoms with van der Waals surface area (Å²) in [5.41, 5.74) is 1.55. The Morgan fingerprint density at radius 1 is 1.47 bits per heavy atom. The van der Waals surface area contributed by atoms with Gasteiger partial charge in [0, 0.05) is 29.9 Å². The number of hydrogen-bond acceptors (Lipinski definition) is 3. The lowest BCUT2D eigenvalue weighted by Gasteiger charge is -2.62. The van der Waals surface area contributed by atoms with Crippen LogP contribution in [0.15, 0.2) is 12.3 Å². The highest BCUT2D eigenvalue weighted by atomic mass is 16.5. The van der Waals surface area contributed by atoms with Crippen LogP contribution in [0.25, 0.3) is 0 Å². The van der Waals surface area contributed by atoms with Gasteiger partial charge in [0.15, 0.2) is 0 Å². The van der Waals surface area contributed by atoms with Crippen LogP contribution in [-0.2, 0) is 11.3 Å². The van der Waals surface area contributed by atoms with Crippen molar-refractivity contribution in [1.82, 2.24) is 15.5 Å². The van der Waals surface area contributed by atoms with Crippen LogP contribution in [0, 0.1) is 5.41 Å². The van der Waals surface area contributed by atoms with Crippen molar-refractivity contribution >= 4 is 0 Å². The third kappa shape index (κ3) is 2.43. The number of H-pyrrole nitrogens is 1. The highest BCUT2D eigenvalue weighted by molar-refractivity contribution is 5.13. The van der Waals surface area contributed by atoms with Gasteiger partial charge < -0.3 is 10.1 Å². The van der Waals surface area contributed by atoms with E-state index in [0.29, 0.717) is 17.6 Å². The SMILES string of the molecule is CC(C)(C)OC1CC(NCc2ccn[nH]2)C12CCC2. The summed E-state index contributed by atoms with van der Waals surface area (Å²) in [4.78, 5) is 0. The molecule has 0 aromatic carbocycles. The minimum Gasteiger partial charge on any atom is -0.372 e. The van der Waals surface area contributed by atoms with E-state index in [1.807, 2.05) is 12.3 Å². The zero-order valence-corrected chi connectivity index (χ0v) is 12.2. The molecule has 106 valence electrons. The lowest BCUT2D eigenvalue weighted by Crippen LogP contribution is -2.67. The second-order valence-corrected chi connectivity index (χ2v) is 7.06. The molecule has 0 bridgehead atoms. The van der Waals surface area contributed by atoms with E-state index in [0.717, 1.165) is 18.7 Å². The first-order valence-corrected chi connectivity index (χ1v) is 7.39. The van der Waals surface area contributed by atoms with Crippen LogP contribution < -0.4 is 5.32 Å². The molecule has 2 fully saturated rings. The van der Waals surface area contributed by atoms with Crippen molar-refractivity contribution in [3.8, 4) is 0 Å². The summed E-state index contributed by atoms with van der Waals surface area (Å²) in [7, 11) is 0. The van der Waals surface area contributed by atoms with Crippen LogP contribution in [0.5, 0.6) is 0 Å². The molecule has 1 aromatic rings. The molecule has 4 heteroatoms. The predicted octanol–water partition coefficient (Wildman–Crippen LogP) is 2.63. The van der Waals surface area contributed by atoms with Crippen molar-refractivity contribution in [2.45, 2.75) is 70.7 Å². The van der Waals surface area contributed by atoms with Gasteiger partial charge >= 0.3 is 0 Å². The maximum absolute atomic E-state index is 6.24. The molecule has 2 aliphatic carbocycles. The Labute approximate surface area is 115 Å². The average Bonchev–Trinajstić information content (AvgIpc) is 2.70. The average molecular weight is 263 g/mol. The summed E-state index contributed by atoms with van der Waals surface area (Å²) in [6, 6.07) is 2.64. The smallest absolute Gasteiger partial charge is 0.0668 e. The van der Waals surface area contributed by atoms with Gasteiger partial charge in [-0.15, -0.1) is 0 Å². The van der Waals surface area contributed by atoms with Gasteiger partial charge in [-0.05, 0) is 46.1 Å². The fraction of sp³-hybridized carbons (Fsp3) is 0.800. The lowest BCUT2D eigenvalue weighted by molar-refractivity contribution is -0.215. The van der Waals surface area contributed by atoms with Gasteiger partial charge in [0.05, 0.1) is 11.7 Å². The molecule has 2 N–H and O–H groups in total. The largest absolute Gasteiger partial charge is 0.372 e. The number of rotatable bonds is 4. The lowest BCUT2D eigenvalue weighted by atomic mass is 9.51. The molecule has 4 nitrogen and oxygen atoms in total. The van der Waals surface area contributed by atoms with E-state index in [4.69, 9.17) is 4.74 Å².